The highest BCUT2D eigenvalue weighted by Crippen LogP contribution is 2.19. The topological polar surface area (TPSA) is 92.8 Å². The minimum atomic E-state index is -0.232. The summed E-state index contributed by atoms with van der Waals surface area (Å²) in [7, 11) is 1.61. The number of aromatic amines is 1. The molecular formula is C14H13N5O2S. The van der Waals surface area contributed by atoms with Gasteiger partial charge in [-0.15, -0.1) is 11.3 Å². The number of amides is 1. The third-order valence-corrected chi connectivity index (χ3v) is 3.79. The fourth-order valence-corrected chi connectivity index (χ4v) is 2.59. The lowest BCUT2D eigenvalue weighted by atomic mass is 10.2. The Hall–Kier alpha value is -2.74. The Morgan fingerprint density at radius 1 is 1.45 bits per heavy atom. The largest absolute Gasteiger partial charge is 0.497 e. The Labute approximate surface area is 130 Å². The first kappa shape index (κ1) is 14.2. The van der Waals surface area contributed by atoms with E-state index in [0.717, 1.165) is 11.3 Å². The zero-order valence-corrected chi connectivity index (χ0v) is 12.6. The Morgan fingerprint density at radius 3 is 3.14 bits per heavy atom. The number of nitrogens with zero attached hydrogens (tertiary/aromatic N) is 3. The molecule has 0 aliphatic carbocycles. The van der Waals surface area contributed by atoms with Crippen molar-refractivity contribution < 1.29 is 9.53 Å². The van der Waals surface area contributed by atoms with Crippen molar-refractivity contribution in [2.75, 3.05) is 7.11 Å². The van der Waals surface area contributed by atoms with E-state index in [-0.39, 0.29) is 5.91 Å². The van der Waals surface area contributed by atoms with E-state index in [9.17, 15) is 4.79 Å². The molecule has 2 N–H and O–H groups in total. The van der Waals surface area contributed by atoms with Gasteiger partial charge in [-0.2, -0.15) is 5.10 Å². The van der Waals surface area contributed by atoms with Crippen LogP contribution in [0.4, 0.5) is 0 Å². The molecule has 22 heavy (non-hydrogen) atoms. The number of hydrogen-bond donors (Lipinski definition) is 2. The first-order valence-electron chi connectivity index (χ1n) is 6.48. The van der Waals surface area contributed by atoms with Gasteiger partial charge >= 0.3 is 0 Å². The lowest BCUT2D eigenvalue weighted by Gasteiger charge is -2.05. The summed E-state index contributed by atoms with van der Waals surface area (Å²) in [6.07, 6.45) is 1.40. The number of benzene rings is 1. The molecule has 3 aromatic rings. The number of carbonyl (C=O) groups excluding carboxylic acids is 1. The molecular weight excluding hydrogens is 302 g/mol. The maximum absolute atomic E-state index is 12.1. The average molecular weight is 315 g/mol. The fourth-order valence-electron chi connectivity index (χ4n) is 1.85. The molecule has 3 rings (SSSR count). The second-order valence-corrected chi connectivity index (χ2v) is 5.26. The van der Waals surface area contributed by atoms with Gasteiger partial charge in [-0.25, -0.2) is 9.97 Å². The highest BCUT2D eigenvalue weighted by molar-refractivity contribution is 7.13. The summed E-state index contributed by atoms with van der Waals surface area (Å²) in [6, 6.07) is 7.53. The molecule has 0 aliphatic rings. The van der Waals surface area contributed by atoms with Crippen molar-refractivity contribution in [1.82, 2.24) is 25.5 Å². The van der Waals surface area contributed by atoms with E-state index < -0.39 is 0 Å². The lowest BCUT2D eigenvalue weighted by molar-refractivity contribution is 0.0946. The Balaban J connectivity index is 1.64. The molecule has 7 nitrogen and oxygen atoms in total. The summed E-state index contributed by atoms with van der Waals surface area (Å²) in [5, 5.41) is 11.6. The SMILES string of the molecule is COc1cccc(CNC(=O)c2csc(-c3ncn[nH]3)n2)c1. The van der Waals surface area contributed by atoms with Crippen LogP contribution in [-0.2, 0) is 6.54 Å². The molecule has 112 valence electrons. The van der Waals surface area contributed by atoms with Gasteiger partial charge in [0.15, 0.2) is 10.8 Å². The number of nitrogens with one attached hydrogen (secondary N) is 2. The number of thiazole rings is 1. The van der Waals surface area contributed by atoms with Crippen LogP contribution in [0.2, 0.25) is 0 Å². The van der Waals surface area contributed by atoms with Crippen LogP contribution in [0.1, 0.15) is 16.1 Å². The number of carbonyl (C=O) groups is 1. The molecule has 0 atom stereocenters. The highest BCUT2D eigenvalue weighted by atomic mass is 32.1. The minimum absolute atomic E-state index is 0.232. The van der Waals surface area contributed by atoms with Crippen LogP contribution in [-0.4, -0.2) is 33.2 Å². The monoisotopic (exact) mass is 315 g/mol. The van der Waals surface area contributed by atoms with Crippen LogP contribution < -0.4 is 10.1 Å². The third kappa shape index (κ3) is 3.12. The molecule has 0 saturated heterocycles. The lowest BCUT2D eigenvalue weighted by Crippen LogP contribution is -2.23. The number of aromatic nitrogens is 4. The molecule has 2 heterocycles. The van der Waals surface area contributed by atoms with Gasteiger partial charge in [0.25, 0.3) is 5.91 Å². The smallest absolute Gasteiger partial charge is 0.271 e. The van der Waals surface area contributed by atoms with E-state index in [0.29, 0.717) is 23.1 Å². The average Bonchev–Trinajstić information content (AvgIpc) is 3.23. The Bertz CT molecular complexity index is 769. The molecule has 1 amide bonds. The minimum Gasteiger partial charge on any atom is -0.497 e. The molecule has 0 bridgehead atoms. The van der Waals surface area contributed by atoms with Crippen LogP contribution in [0.3, 0.4) is 0 Å². The van der Waals surface area contributed by atoms with Crippen molar-refractivity contribution >= 4 is 17.2 Å². The van der Waals surface area contributed by atoms with Crippen molar-refractivity contribution in [2.24, 2.45) is 0 Å². The maximum Gasteiger partial charge on any atom is 0.271 e. The third-order valence-electron chi connectivity index (χ3n) is 2.94. The Morgan fingerprint density at radius 2 is 2.36 bits per heavy atom. The number of ether oxygens (including phenoxy) is 1. The van der Waals surface area contributed by atoms with Crippen molar-refractivity contribution in [3.63, 3.8) is 0 Å². The van der Waals surface area contributed by atoms with Gasteiger partial charge in [0, 0.05) is 11.9 Å². The van der Waals surface area contributed by atoms with Crippen LogP contribution in [0.25, 0.3) is 10.8 Å². The van der Waals surface area contributed by atoms with Crippen molar-refractivity contribution in [2.45, 2.75) is 6.54 Å². The van der Waals surface area contributed by atoms with Gasteiger partial charge in [0.2, 0.25) is 0 Å². The summed E-state index contributed by atoms with van der Waals surface area (Å²) in [5.41, 5.74) is 1.32. The maximum atomic E-state index is 12.1. The first-order chi connectivity index (χ1) is 10.8. The molecule has 0 spiro atoms. The normalized spacial score (nSPS) is 10.4. The molecule has 0 radical (unpaired) electrons. The second kappa shape index (κ2) is 6.35. The van der Waals surface area contributed by atoms with E-state index in [1.165, 1.54) is 17.7 Å². The van der Waals surface area contributed by atoms with Gasteiger partial charge in [-0.3, -0.25) is 9.89 Å². The van der Waals surface area contributed by atoms with Crippen LogP contribution in [0.15, 0.2) is 36.0 Å². The van der Waals surface area contributed by atoms with E-state index in [2.05, 4.69) is 25.5 Å². The standard InChI is InChI=1S/C14H13N5O2S/c1-21-10-4-2-3-9(5-10)6-15-13(20)11-7-22-14(18-11)12-16-8-17-19-12/h2-5,7-8H,6H2,1H3,(H,15,20)(H,16,17,19). The molecule has 1 aromatic carbocycles. The van der Waals surface area contributed by atoms with Crippen molar-refractivity contribution in [3.05, 3.63) is 47.2 Å². The highest BCUT2D eigenvalue weighted by Gasteiger charge is 2.13. The summed E-state index contributed by atoms with van der Waals surface area (Å²) >= 11 is 1.34. The zero-order chi connectivity index (χ0) is 15.4. The van der Waals surface area contributed by atoms with Gasteiger partial charge in [-0.1, -0.05) is 12.1 Å². The molecule has 2 aromatic heterocycles. The van der Waals surface area contributed by atoms with Gasteiger partial charge in [-0.05, 0) is 17.7 Å². The fraction of sp³-hybridized carbons (Fsp3) is 0.143. The van der Waals surface area contributed by atoms with E-state index in [1.54, 1.807) is 12.5 Å². The summed E-state index contributed by atoms with van der Waals surface area (Å²) in [6.45, 7) is 0.408. The molecule has 0 fully saturated rings. The number of H-pyrrole nitrogens is 1. The van der Waals surface area contributed by atoms with E-state index in [4.69, 9.17) is 4.74 Å². The second-order valence-electron chi connectivity index (χ2n) is 4.41. The van der Waals surface area contributed by atoms with Gasteiger partial charge < -0.3 is 10.1 Å². The molecule has 0 aliphatic heterocycles. The predicted octanol–water partition coefficient (Wildman–Crippen LogP) is 1.87. The van der Waals surface area contributed by atoms with Gasteiger partial charge in [0.1, 0.15) is 17.8 Å². The summed E-state index contributed by atoms with van der Waals surface area (Å²) in [5.74, 6) is 1.08. The molecule has 8 heteroatoms. The quantitative estimate of drug-likeness (QED) is 0.750. The number of methoxy groups -OCH3 is 1. The van der Waals surface area contributed by atoms with Crippen molar-refractivity contribution in [1.29, 1.82) is 0 Å². The first-order valence-corrected chi connectivity index (χ1v) is 7.36. The van der Waals surface area contributed by atoms with Crippen LogP contribution >= 0.6 is 11.3 Å². The van der Waals surface area contributed by atoms with Crippen LogP contribution in [0.5, 0.6) is 5.75 Å². The number of rotatable bonds is 5. The van der Waals surface area contributed by atoms with Crippen molar-refractivity contribution in [3.8, 4) is 16.6 Å². The number of hydrogen-bond acceptors (Lipinski definition) is 6. The Kier molecular flexibility index (Phi) is 4.10. The van der Waals surface area contributed by atoms with Crippen LogP contribution in [0, 0.1) is 0 Å². The summed E-state index contributed by atoms with van der Waals surface area (Å²) < 4.78 is 5.15. The van der Waals surface area contributed by atoms with Gasteiger partial charge in [0.05, 0.1) is 7.11 Å². The summed E-state index contributed by atoms with van der Waals surface area (Å²) in [4.78, 5) is 20.4. The van der Waals surface area contributed by atoms with E-state index in [1.807, 2.05) is 24.3 Å². The van der Waals surface area contributed by atoms with E-state index >= 15 is 0 Å². The molecule has 0 saturated carbocycles. The predicted molar refractivity (Wildman–Crippen MR) is 81.7 cm³/mol. The zero-order valence-electron chi connectivity index (χ0n) is 11.7. The molecule has 0 unspecified atom stereocenters.